The summed E-state index contributed by atoms with van der Waals surface area (Å²) in [6, 6.07) is 0.512. The van der Waals surface area contributed by atoms with Crippen molar-refractivity contribution in [3.63, 3.8) is 0 Å². The summed E-state index contributed by atoms with van der Waals surface area (Å²) in [4.78, 5) is 0. The molecule has 0 bridgehead atoms. The minimum atomic E-state index is 0.451. The van der Waals surface area contributed by atoms with E-state index in [9.17, 15) is 0 Å². The molecule has 3 atom stereocenters. The summed E-state index contributed by atoms with van der Waals surface area (Å²) in [7, 11) is 0. The third-order valence-corrected chi connectivity index (χ3v) is 4.92. The first-order chi connectivity index (χ1) is 7.61. The Morgan fingerprint density at radius 2 is 2.06 bits per heavy atom. The smallest absolute Gasteiger partial charge is 0.0726 e. The molecule has 1 aliphatic rings. The van der Waals surface area contributed by atoms with Crippen molar-refractivity contribution in [3.8, 4) is 0 Å². The third-order valence-electron chi connectivity index (χ3n) is 3.41. The topological polar surface area (TPSA) is 21.3 Å². The Balaban J connectivity index is 2.01. The number of ether oxygens (including phenoxy) is 1. The first-order valence-electron chi connectivity index (χ1n) is 6.58. The molecule has 16 heavy (non-hydrogen) atoms. The zero-order chi connectivity index (χ0) is 12.0. The van der Waals surface area contributed by atoms with Crippen LogP contribution in [-0.4, -0.2) is 36.3 Å². The highest BCUT2D eigenvalue weighted by atomic mass is 32.2. The molecule has 0 aromatic rings. The molecule has 0 amide bonds. The maximum atomic E-state index is 5.66. The molecule has 1 rings (SSSR count). The van der Waals surface area contributed by atoms with E-state index in [2.05, 4.69) is 44.8 Å². The molecule has 1 N–H and O–H groups in total. The Hall–Kier alpha value is 0.270. The van der Waals surface area contributed by atoms with Crippen LogP contribution >= 0.6 is 11.8 Å². The van der Waals surface area contributed by atoms with E-state index in [1.165, 1.54) is 18.6 Å². The Bertz CT molecular complexity index is 181. The highest BCUT2D eigenvalue weighted by Gasteiger charge is 2.21. The zero-order valence-electron chi connectivity index (χ0n) is 11.2. The van der Waals surface area contributed by atoms with Gasteiger partial charge in [0.25, 0.3) is 0 Å². The average molecular weight is 245 g/mol. The van der Waals surface area contributed by atoms with Crippen molar-refractivity contribution in [1.82, 2.24) is 5.32 Å². The van der Waals surface area contributed by atoms with Crippen LogP contribution in [0.15, 0.2) is 0 Å². The number of thioether (sulfide) groups is 1. The van der Waals surface area contributed by atoms with Crippen LogP contribution in [0.1, 0.15) is 40.5 Å². The van der Waals surface area contributed by atoms with Crippen molar-refractivity contribution in [2.24, 2.45) is 5.92 Å². The minimum Gasteiger partial charge on any atom is -0.377 e. The van der Waals surface area contributed by atoms with Gasteiger partial charge in [0.2, 0.25) is 0 Å². The van der Waals surface area contributed by atoms with Crippen LogP contribution in [0, 0.1) is 5.92 Å². The Morgan fingerprint density at radius 1 is 1.31 bits per heavy atom. The van der Waals surface area contributed by atoms with Gasteiger partial charge in [-0.15, -0.1) is 0 Å². The van der Waals surface area contributed by atoms with E-state index in [-0.39, 0.29) is 0 Å². The van der Waals surface area contributed by atoms with Crippen LogP contribution in [0.25, 0.3) is 0 Å². The van der Waals surface area contributed by atoms with Crippen molar-refractivity contribution >= 4 is 11.8 Å². The van der Waals surface area contributed by atoms with Gasteiger partial charge in [0.05, 0.1) is 6.10 Å². The zero-order valence-corrected chi connectivity index (χ0v) is 12.0. The van der Waals surface area contributed by atoms with E-state index in [0.717, 1.165) is 24.3 Å². The number of rotatable bonds is 7. The van der Waals surface area contributed by atoms with Crippen molar-refractivity contribution in [1.29, 1.82) is 0 Å². The van der Waals surface area contributed by atoms with Gasteiger partial charge in [-0.25, -0.2) is 0 Å². The molecule has 0 saturated carbocycles. The van der Waals surface area contributed by atoms with Gasteiger partial charge in [-0.2, -0.15) is 11.8 Å². The molecule has 0 aliphatic carbocycles. The molecule has 0 aromatic carbocycles. The van der Waals surface area contributed by atoms with Crippen LogP contribution in [0.4, 0.5) is 0 Å². The van der Waals surface area contributed by atoms with E-state index in [1.807, 2.05) is 0 Å². The molecule has 3 unspecified atom stereocenters. The largest absolute Gasteiger partial charge is 0.377 e. The standard InChI is InChI=1S/C13H27NOS/c1-10(2)12(4)16-9-7-14-11(3)13-6-5-8-15-13/h10-14H,5-9H2,1-4H3. The van der Waals surface area contributed by atoms with Crippen molar-refractivity contribution < 1.29 is 4.74 Å². The fraction of sp³-hybridized carbons (Fsp3) is 1.00. The maximum absolute atomic E-state index is 5.66. The van der Waals surface area contributed by atoms with E-state index in [1.54, 1.807) is 0 Å². The van der Waals surface area contributed by atoms with Crippen molar-refractivity contribution in [2.75, 3.05) is 18.9 Å². The van der Waals surface area contributed by atoms with Gasteiger partial charge in [-0.3, -0.25) is 0 Å². The number of hydrogen-bond donors (Lipinski definition) is 1. The normalized spacial score (nSPS) is 24.9. The SMILES string of the molecule is CC(C)C(C)SCCNC(C)C1CCCO1. The fourth-order valence-corrected chi connectivity index (χ4v) is 2.84. The van der Waals surface area contributed by atoms with Gasteiger partial charge in [0.1, 0.15) is 0 Å². The maximum Gasteiger partial charge on any atom is 0.0726 e. The van der Waals surface area contributed by atoms with Crippen LogP contribution in [0.5, 0.6) is 0 Å². The van der Waals surface area contributed by atoms with Gasteiger partial charge >= 0.3 is 0 Å². The lowest BCUT2D eigenvalue weighted by molar-refractivity contribution is 0.0844. The predicted octanol–water partition coefficient (Wildman–Crippen LogP) is 2.92. The highest BCUT2D eigenvalue weighted by Crippen LogP contribution is 2.18. The molecular formula is C13H27NOS. The molecule has 0 radical (unpaired) electrons. The second kappa shape index (κ2) is 7.57. The Kier molecular flexibility index (Phi) is 6.78. The van der Waals surface area contributed by atoms with Crippen molar-refractivity contribution in [3.05, 3.63) is 0 Å². The van der Waals surface area contributed by atoms with Crippen LogP contribution in [0.2, 0.25) is 0 Å². The molecular weight excluding hydrogens is 218 g/mol. The minimum absolute atomic E-state index is 0.451. The van der Waals surface area contributed by atoms with Gasteiger partial charge in [-0.05, 0) is 25.7 Å². The van der Waals surface area contributed by atoms with E-state index in [0.29, 0.717) is 12.1 Å². The Morgan fingerprint density at radius 3 is 2.62 bits per heavy atom. The first-order valence-corrected chi connectivity index (χ1v) is 7.62. The summed E-state index contributed by atoms with van der Waals surface area (Å²) < 4.78 is 5.66. The number of hydrogen-bond acceptors (Lipinski definition) is 3. The van der Waals surface area contributed by atoms with Crippen LogP contribution in [0.3, 0.4) is 0 Å². The summed E-state index contributed by atoms with van der Waals surface area (Å²) in [6.07, 6.45) is 2.91. The predicted molar refractivity (Wildman–Crippen MR) is 73.2 cm³/mol. The van der Waals surface area contributed by atoms with Gasteiger partial charge in [-0.1, -0.05) is 20.8 Å². The van der Waals surface area contributed by atoms with E-state index in [4.69, 9.17) is 4.74 Å². The lowest BCUT2D eigenvalue weighted by Crippen LogP contribution is -2.38. The molecule has 0 spiro atoms. The van der Waals surface area contributed by atoms with E-state index < -0.39 is 0 Å². The second-order valence-corrected chi connectivity index (χ2v) is 6.60. The molecule has 1 heterocycles. The highest BCUT2D eigenvalue weighted by molar-refractivity contribution is 7.99. The van der Waals surface area contributed by atoms with Gasteiger partial charge in [0.15, 0.2) is 0 Å². The summed E-state index contributed by atoms with van der Waals surface area (Å²) in [5.74, 6) is 1.98. The van der Waals surface area contributed by atoms with Crippen LogP contribution < -0.4 is 5.32 Å². The summed E-state index contributed by atoms with van der Waals surface area (Å²) in [6.45, 7) is 11.2. The van der Waals surface area contributed by atoms with Crippen LogP contribution in [-0.2, 0) is 4.74 Å². The van der Waals surface area contributed by atoms with Gasteiger partial charge < -0.3 is 10.1 Å². The lowest BCUT2D eigenvalue weighted by atomic mass is 10.1. The second-order valence-electron chi connectivity index (χ2n) is 5.11. The van der Waals surface area contributed by atoms with Crippen molar-refractivity contribution in [2.45, 2.75) is 57.9 Å². The first kappa shape index (κ1) is 14.3. The lowest BCUT2D eigenvalue weighted by Gasteiger charge is -2.21. The van der Waals surface area contributed by atoms with Gasteiger partial charge in [0, 0.05) is 30.2 Å². The quantitative estimate of drug-likeness (QED) is 0.697. The molecule has 2 nitrogen and oxygen atoms in total. The number of nitrogens with one attached hydrogen (secondary N) is 1. The molecule has 3 heteroatoms. The van der Waals surface area contributed by atoms with E-state index >= 15 is 0 Å². The molecule has 1 saturated heterocycles. The molecule has 96 valence electrons. The monoisotopic (exact) mass is 245 g/mol. The summed E-state index contributed by atoms with van der Waals surface area (Å²) in [5, 5.41) is 4.34. The average Bonchev–Trinajstić information content (AvgIpc) is 2.76. The molecule has 1 fully saturated rings. The third kappa shape index (κ3) is 5.07. The summed E-state index contributed by atoms with van der Waals surface area (Å²) >= 11 is 2.07. The summed E-state index contributed by atoms with van der Waals surface area (Å²) in [5.41, 5.74) is 0. The fourth-order valence-electron chi connectivity index (χ4n) is 1.85. The Labute approximate surface area is 105 Å². The molecule has 1 aliphatic heterocycles. The molecule has 0 aromatic heterocycles.